The van der Waals surface area contributed by atoms with Gasteiger partial charge in [0.15, 0.2) is 5.11 Å². The molecule has 84 valence electrons. The number of hydrogen-bond acceptors (Lipinski definition) is 3. The molecule has 1 atom stereocenters. The van der Waals surface area contributed by atoms with Crippen molar-refractivity contribution in [3.63, 3.8) is 0 Å². The molecule has 0 bridgehead atoms. The highest BCUT2D eigenvalue weighted by Crippen LogP contribution is 1.93. The summed E-state index contributed by atoms with van der Waals surface area (Å²) in [5.41, 5.74) is 0. The summed E-state index contributed by atoms with van der Waals surface area (Å²) in [5, 5.41) is 14.2. The average Bonchev–Trinajstić information content (AvgIpc) is 2.12. The van der Waals surface area contributed by atoms with Crippen molar-refractivity contribution in [2.75, 3.05) is 6.54 Å². The Labute approximate surface area is 93.5 Å². The van der Waals surface area contributed by atoms with Gasteiger partial charge in [-0.05, 0) is 19.1 Å². The number of carboxylic acids is 1. The molecule has 1 unspecified atom stereocenters. The number of Topliss-reactive ketones (excluding diaryl/α,β-unsaturated/α-hetero) is 1. The normalized spacial score (nSPS) is 11.3. The number of aliphatic carboxylic acids is 1. The molecule has 0 radical (unpaired) electrons. The molecule has 0 aromatic carbocycles. The van der Waals surface area contributed by atoms with Crippen LogP contribution in [-0.2, 0) is 9.59 Å². The summed E-state index contributed by atoms with van der Waals surface area (Å²) in [5.74, 6) is -1.31. The lowest BCUT2D eigenvalue weighted by atomic mass is 10.1. The minimum Gasteiger partial charge on any atom is -0.480 e. The summed E-state index contributed by atoms with van der Waals surface area (Å²) < 4.78 is 0. The van der Waals surface area contributed by atoms with Crippen molar-refractivity contribution in [3.8, 4) is 0 Å². The van der Waals surface area contributed by atoms with E-state index in [1.165, 1.54) is 6.92 Å². The van der Waals surface area contributed by atoms with Crippen LogP contribution in [0.2, 0.25) is 0 Å². The molecule has 6 heteroatoms. The molecule has 0 rings (SSSR count). The Morgan fingerprint density at radius 3 is 2.60 bits per heavy atom. The van der Waals surface area contributed by atoms with Crippen LogP contribution in [0, 0.1) is 0 Å². The lowest BCUT2D eigenvalue weighted by Gasteiger charge is -2.15. The van der Waals surface area contributed by atoms with E-state index in [4.69, 9.17) is 17.3 Å². The average molecular weight is 230 g/mol. The monoisotopic (exact) mass is 230 g/mol. The van der Waals surface area contributed by atoms with E-state index in [2.05, 4.69) is 17.2 Å². The Balaban J connectivity index is 4.16. The van der Waals surface area contributed by atoms with E-state index in [9.17, 15) is 9.59 Å². The fraction of sp³-hybridized carbons (Fsp3) is 0.444. The van der Waals surface area contributed by atoms with Gasteiger partial charge in [0.1, 0.15) is 11.8 Å². The van der Waals surface area contributed by atoms with E-state index in [-0.39, 0.29) is 17.3 Å². The molecule has 0 aromatic rings. The topological polar surface area (TPSA) is 78.4 Å². The van der Waals surface area contributed by atoms with Gasteiger partial charge in [0.2, 0.25) is 0 Å². The second kappa shape index (κ2) is 6.94. The van der Waals surface area contributed by atoms with Crippen LogP contribution in [0.15, 0.2) is 12.7 Å². The van der Waals surface area contributed by atoms with Gasteiger partial charge >= 0.3 is 5.97 Å². The second-order valence-electron chi connectivity index (χ2n) is 2.94. The van der Waals surface area contributed by atoms with E-state index >= 15 is 0 Å². The number of carbonyl (C=O) groups excluding carboxylic acids is 1. The number of carbonyl (C=O) groups is 2. The Hall–Kier alpha value is -1.43. The number of rotatable bonds is 6. The van der Waals surface area contributed by atoms with E-state index < -0.39 is 12.0 Å². The van der Waals surface area contributed by atoms with Crippen LogP contribution in [0.4, 0.5) is 0 Å². The molecule has 0 amide bonds. The summed E-state index contributed by atoms with van der Waals surface area (Å²) in [6.45, 7) is 5.25. The third kappa shape index (κ3) is 6.62. The number of ketones is 1. The van der Waals surface area contributed by atoms with Crippen molar-refractivity contribution in [3.05, 3.63) is 12.7 Å². The predicted molar refractivity (Wildman–Crippen MR) is 60.7 cm³/mol. The number of nitrogens with one attached hydrogen (secondary N) is 2. The molecule has 0 heterocycles. The quantitative estimate of drug-likeness (QED) is 0.443. The molecule has 0 spiro atoms. The third-order valence-electron chi connectivity index (χ3n) is 1.50. The van der Waals surface area contributed by atoms with E-state index in [0.717, 1.165) is 0 Å². The van der Waals surface area contributed by atoms with E-state index in [1.54, 1.807) is 6.08 Å². The lowest BCUT2D eigenvalue weighted by Crippen LogP contribution is -2.46. The van der Waals surface area contributed by atoms with Gasteiger partial charge in [0.05, 0.1) is 0 Å². The van der Waals surface area contributed by atoms with Gasteiger partial charge < -0.3 is 15.7 Å². The molecule has 0 aliphatic rings. The van der Waals surface area contributed by atoms with Crippen molar-refractivity contribution in [1.29, 1.82) is 0 Å². The molecule has 0 aromatic heterocycles. The Morgan fingerprint density at radius 2 is 2.20 bits per heavy atom. The van der Waals surface area contributed by atoms with Gasteiger partial charge in [0, 0.05) is 13.0 Å². The zero-order valence-corrected chi connectivity index (χ0v) is 9.26. The first-order valence-corrected chi connectivity index (χ1v) is 4.75. The molecular weight excluding hydrogens is 216 g/mol. The Morgan fingerprint density at radius 1 is 1.60 bits per heavy atom. The van der Waals surface area contributed by atoms with Crippen molar-refractivity contribution in [2.24, 2.45) is 0 Å². The van der Waals surface area contributed by atoms with Crippen LogP contribution < -0.4 is 10.6 Å². The number of hydrogen-bond donors (Lipinski definition) is 3. The maximum absolute atomic E-state index is 10.8. The summed E-state index contributed by atoms with van der Waals surface area (Å²) in [7, 11) is 0. The van der Waals surface area contributed by atoms with Gasteiger partial charge in [-0.1, -0.05) is 6.08 Å². The maximum Gasteiger partial charge on any atom is 0.326 e. The molecule has 15 heavy (non-hydrogen) atoms. The third-order valence-corrected chi connectivity index (χ3v) is 1.76. The fourth-order valence-corrected chi connectivity index (χ4v) is 1.09. The molecule has 0 aliphatic heterocycles. The maximum atomic E-state index is 10.8. The van der Waals surface area contributed by atoms with Crippen molar-refractivity contribution < 1.29 is 14.7 Å². The van der Waals surface area contributed by atoms with Crippen LogP contribution in [-0.4, -0.2) is 34.6 Å². The van der Waals surface area contributed by atoms with Crippen LogP contribution in [0.1, 0.15) is 13.3 Å². The van der Waals surface area contributed by atoms with Crippen LogP contribution >= 0.6 is 12.2 Å². The second-order valence-corrected chi connectivity index (χ2v) is 3.35. The van der Waals surface area contributed by atoms with Crippen LogP contribution in [0.25, 0.3) is 0 Å². The SMILES string of the molecule is C=CCNC(=S)NC(CC(C)=O)C(=O)O. The number of carboxylic acid groups (broad SMARTS) is 1. The molecule has 0 saturated heterocycles. The first-order chi connectivity index (χ1) is 6.97. The smallest absolute Gasteiger partial charge is 0.326 e. The van der Waals surface area contributed by atoms with E-state index in [0.29, 0.717) is 6.54 Å². The van der Waals surface area contributed by atoms with Crippen LogP contribution in [0.3, 0.4) is 0 Å². The summed E-state index contributed by atoms with van der Waals surface area (Å²) in [6, 6.07) is -0.979. The predicted octanol–water partition coefficient (Wildman–Crippen LogP) is 0.0688. The van der Waals surface area contributed by atoms with Gasteiger partial charge in [-0.25, -0.2) is 4.79 Å². The largest absolute Gasteiger partial charge is 0.480 e. The summed E-state index contributed by atoms with van der Waals surface area (Å²) >= 11 is 4.82. The lowest BCUT2D eigenvalue weighted by molar-refractivity contribution is -0.140. The molecular formula is C9H14N2O3S. The standard InChI is InChI=1S/C9H14N2O3S/c1-3-4-10-9(15)11-7(8(13)14)5-6(2)12/h3,7H,1,4-5H2,2H3,(H,13,14)(H2,10,11,15). The highest BCUT2D eigenvalue weighted by Gasteiger charge is 2.19. The van der Waals surface area contributed by atoms with Gasteiger partial charge in [-0.15, -0.1) is 6.58 Å². The van der Waals surface area contributed by atoms with Crippen LogP contribution in [0.5, 0.6) is 0 Å². The zero-order valence-electron chi connectivity index (χ0n) is 8.45. The zero-order chi connectivity index (χ0) is 11.8. The molecule has 3 N–H and O–H groups in total. The summed E-state index contributed by atoms with van der Waals surface area (Å²) in [4.78, 5) is 21.5. The first-order valence-electron chi connectivity index (χ1n) is 4.35. The number of thiocarbonyl (C=S) groups is 1. The van der Waals surface area contributed by atoms with Crippen molar-refractivity contribution in [1.82, 2.24) is 10.6 Å². The molecule has 0 saturated carbocycles. The van der Waals surface area contributed by atoms with E-state index in [1.807, 2.05) is 0 Å². The molecule has 0 fully saturated rings. The van der Waals surface area contributed by atoms with Crippen molar-refractivity contribution >= 4 is 29.1 Å². The fourth-order valence-electron chi connectivity index (χ4n) is 0.862. The molecule has 0 aliphatic carbocycles. The van der Waals surface area contributed by atoms with Gasteiger partial charge in [-0.3, -0.25) is 4.79 Å². The Bertz CT molecular complexity index is 279. The highest BCUT2D eigenvalue weighted by molar-refractivity contribution is 7.80. The van der Waals surface area contributed by atoms with Crippen molar-refractivity contribution in [2.45, 2.75) is 19.4 Å². The highest BCUT2D eigenvalue weighted by atomic mass is 32.1. The Kier molecular flexibility index (Phi) is 6.28. The minimum atomic E-state index is -1.10. The minimum absolute atomic E-state index is 0.0920. The van der Waals surface area contributed by atoms with Gasteiger partial charge in [-0.2, -0.15) is 0 Å². The van der Waals surface area contributed by atoms with Gasteiger partial charge in [0.25, 0.3) is 0 Å². The first kappa shape index (κ1) is 13.6. The summed E-state index contributed by atoms with van der Waals surface area (Å²) in [6.07, 6.45) is 1.50. The molecule has 5 nitrogen and oxygen atoms in total.